The molecule has 1 N–H and O–H groups in total. The molecule has 4 rings (SSSR count). The maximum Gasteiger partial charge on any atom is 0.307 e. The van der Waals surface area contributed by atoms with Gasteiger partial charge in [-0.05, 0) is 31.4 Å². The van der Waals surface area contributed by atoms with E-state index in [9.17, 15) is 18.4 Å². The highest BCUT2D eigenvalue weighted by molar-refractivity contribution is 5.94. The summed E-state index contributed by atoms with van der Waals surface area (Å²) in [6.45, 7) is 0.498. The van der Waals surface area contributed by atoms with Crippen LogP contribution >= 0.6 is 0 Å². The van der Waals surface area contributed by atoms with Crippen molar-refractivity contribution in [3.05, 3.63) is 53.0 Å². The summed E-state index contributed by atoms with van der Waals surface area (Å²) in [6, 6.07) is 5.60. The Kier molecular flexibility index (Phi) is 4.63. The van der Waals surface area contributed by atoms with E-state index >= 15 is 0 Å². The first kappa shape index (κ1) is 17.6. The van der Waals surface area contributed by atoms with Crippen molar-refractivity contribution in [2.45, 2.75) is 44.4 Å². The maximum atomic E-state index is 13.9. The molecule has 0 radical (unpaired) electrons. The highest BCUT2D eigenvalue weighted by Crippen LogP contribution is 2.24. The highest BCUT2D eigenvalue weighted by atomic mass is 19.1. The molecule has 2 atom stereocenters. The minimum absolute atomic E-state index is 0.00409. The van der Waals surface area contributed by atoms with Crippen LogP contribution in [0.5, 0.6) is 0 Å². The predicted molar refractivity (Wildman–Crippen MR) is 91.3 cm³/mol. The van der Waals surface area contributed by atoms with Crippen molar-refractivity contribution in [1.82, 2.24) is 15.2 Å². The van der Waals surface area contributed by atoms with Gasteiger partial charge >= 0.3 is 5.91 Å². The third-order valence-corrected chi connectivity index (χ3v) is 5.02. The third kappa shape index (κ3) is 3.56. The van der Waals surface area contributed by atoms with Gasteiger partial charge in [-0.25, -0.2) is 13.8 Å². The summed E-state index contributed by atoms with van der Waals surface area (Å²) in [4.78, 5) is 30.5. The average Bonchev–Trinajstić information content (AvgIpc) is 3.26. The smallest absolute Gasteiger partial charge is 0.307 e. The molecule has 2 aromatic rings. The first-order valence-electron chi connectivity index (χ1n) is 8.98. The molecule has 2 aliphatic rings. The number of hydrogen-bond donors (Lipinski definition) is 1. The van der Waals surface area contributed by atoms with E-state index in [0.29, 0.717) is 43.7 Å². The second kappa shape index (κ2) is 7.09. The Balaban J connectivity index is 1.45. The van der Waals surface area contributed by atoms with Gasteiger partial charge in [0.25, 0.3) is 11.8 Å². The van der Waals surface area contributed by atoms with Gasteiger partial charge in [0.15, 0.2) is 0 Å². The van der Waals surface area contributed by atoms with Crippen LogP contribution in [0.1, 0.15) is 51.8 Å². The highest BCUT2D eigenvalue weighted by Gasteiger charge is 2.31. The lowest BCUT2D eigenvalue weighted by molar-refractivity contribution is 0.0722. The number of benzene rings is 1. The lowest BCUT2D eigenvalue weighted by Crippen LogP contribution is -2.36. The van der Waals surface area contributed by atoms with Crippen molar-refractivity contribution in [1.29, 1.82) is 0 Å². The second-order valence-corrected chi connectivity index (χ2v) is 6.93. The van der Waals surface area contributed by atoms with Gasteiger partial charge in [-0.3, -0.25) is 9.59 Å². The van der Waals surface area contributed by atoms with Crippen molar-refractivity contribution < 1.29 is 22.8 Å². The van der Waals surface area contributed by atoms with Crippen molar-refractivity contribution in [2.24, 2.45) is 0 Å². The van der Waals surface area contributed by atoms with Crippen LogP contribution in [0.15, 0.2) is 28.7 Å². The molecule has 142 valence electrons. The maximum absolute atomic E-state index is 13.9. The van der Waals surface area contributed by atoms with Gasteiger partial charge in [0.1, 0.15) is 23.4 Å². The fourth-order valence-electron chi connectivity index (χ4n) is 3.58. The minimum Gasteiger partial charge on any atom is -0.437 e. The Morgan fingerprint density at radius 3 is 2.81 bits per heavy atom. The van der Waals surface area contributed by atoms with Crippen molar-refractivity contribution in [2.75, 3.05) is 6.54 Å². The van der Waals surface area contributed by atoms with E-state index in [1.54, 1.807) is 6.07 Å². The number of aromatic nitrogens is 1. The zero-order valence-corrected chi connectivity index (χ0v) is 14.6. The van der Waals surface area contributed by atoms with E-state index in [1.807, 2.05) is 0 Å². The number of carbonyl (C=O) groups excluding carboxylic acids is 2. The Morgan fingerprint density at radius 2 is 2.07 bits per heavy atom. The van der Waals surface area contributed by atoms with Crippen molar-refractivity contribution >= 4 is 11.8 Å². The molecule has 0 unspecified atom stereocenters. The number of oxazole rings is 1. The summed E-state index contributed by atoms with van der Waals surface area (Å²) in [7, 11) is 0. The monoisotopic (exact) mass is 375 g/mol. The minimum atomic E-state index is -0.883. The van der Waals surface area contributed by atoms with Crippen LogP contribution in [-0.2, 0) is 13.0 Å². The number of carbonyl (C=O) groups is 2. The first-order chi connectivity index (χ1) is 13.0. The first-order valence-corrected chi connectivity index (χ1v) is 8.98. The van der Waals surface area contributed by atoms with E-state index in [4.69, 9.17) is 4.42 Å². The number of halogens is 2. The van der Waals surface area contributed by atoms with Crippen LogP contribution in [0.25, 0.3) is 0 Å². The molecule has 8 heteroatoms. The molecule has 6 nitrogen and oxygen atoms in total. The number of alkyl halides is 1. The molecule has 1 aliphatic carbocycles. The number of nitrogens with one attached hydrogen (secondary N) is 1. The molecular formula is C19H19F2N3O3. The third-order valence-electron chi connectivity index (χ3n) is 5.02. The molecule has 1 saturated carbocycles. The molecule has 2 amide bonds. The Morgan fingerprint density at radius 1 is 1.26 bits per heavy atom. The van der Waals surface area contributed by atoms with Gasteiger partial charge in [-0.2, -0.15) is 0 Å². The Labute approximate surface area is 154 Å². The molecule has 2 heterocycles. The molecule has 1 aromatic carbocycles. The zero-order valence-electron chi connectivity index (χ0n) is 14.6. The Bertz CT molecular complexity index is 883. The van der Waals surface area contributed by atoms with E-state index in [-0.39, 0.29) is 24.0 Å². The van der Waals surface area contributed by atoms with Gasteiger partial charge in [0.05, 0.1) is 12.1 Å². The fourth-order valence-corrected chi connectivity index (χ4v) is 3.58. The van der Waals surface area contributed by atoms with Gasteiger partial charge in [0.2, 0.25) is 0 Å². The lowest BCUT2D eigenvalue weighted by Gasteiger charge is -2.25. The summed E-state index contributed by atoms with van der Waals surface area (Å²) in [5.41, 5.74) is 0.496. The van der Waals surface area contributed by atoms with E-state index in [1.165, 1.54) is 23.1 Å². The molecule has 0 bridgehead atoms. The zero-order chi connectivity index (χ0) is 19.0. The molecule has 1 aliphatic heterocycles. The number of rotatable bonds is 3. The van der Waals surface area contributed by atoms with Crippen LogP contribution < -0.4 is 5.32 Å². The number of fused-ring (bicyclic) bond motifs is 1. The summed E-state index contributed by atoms with van der Waals surface area (Å²) in [6.07, 6.45) is 0.854. The molecule has 0 spiro atoms. The summed E-state index contributed by atoms with van der Waals surface area (Å²) in [5.74, 6) is -1.01. The van der Waals surface area contributed by atoms with Gasteiger partial charge < -0.3 is 14.6 Å². The van der Waals surface area contributed by atoms with Crippen LogP contribution in [-0.4, -0.2) is 40.5 Å². The van der Waals surface area contributed by atoms with E-state index in [2.05, 4.69) is 10.3 Å². The summed E-state index contributed by atoms with van der Waals surface area (Å²) < 4.78 is 32.6. The molecule has 0 saturated heterocycles. The van der Waals surface area contributed by atoms with Crippen LogP contribution in [0.3, 0.4) is 0 Å². The van der Waals surface area contributed by atoms with Crippen LogP contribution in [0, 0.1) is 5.82 Å². The fraction of sp³-hybridized carbons (Fsp3) is 0.421. The quantitative estimate of drug-likeness (QED) is 0.895. The number of hydrogen-bond acceptors (Lipinski definition) is 4. The van der Waals surface area contributed by atoms with Gasteiger partial charge in [-0.15, -0.1) is 0 Å². The normalized spacial score (nSPS) is 21.8. The standard InChI is InChI=1S/C19H19F2N3O3/c20-11-5-6-12(9-11)22-17(25)18-23-15-10-24(8-7-16(15)27-18)19(26)13-3-1-2-4-14(13)21/h1-4,11-12H,5-10H2,(H,22,25)/t11-,12-/m1/s1. The molecule has 1 fully saturated rings. The molecular weight excluding hydrogens is 356 g/mol. The average molecular weight is 375 g/mol. The van der Waals surface area contributed by atoms with Crippen molar-refractivity contribution in [3.8, 4) is 0 Å². The van der Waals surface area contributed by atoms with Crippen molar-refractivity contribution in [3.63, 3.8) is 0 Å². The van der Waals surface area contributed by atoms with Gasteiger partial charge in [0, 0.05) is 19.0 Å². The SMILES string of the molecule is O=C(N[C@@H]1CC[C@@H](F)C1)c1nc2c(o1)CCN(C(=O)c1ccccc1F)C2. The second-order valence-electron chi connectivity index (χ2n) is 6.93. The van der Waals surface area contributed by atoms with Crippen LogP contribution in [0.4, 0.5) is 8.78 Å². The number of amides is 2. The van der Waals surface area contributed by atoms with Gasteiger partial charge in [-0.1, -0.05) is 12.1 Å². The lowest BCUT2D eigenvalue weighted by atomic mass is 10.1. The van der Waals surface area contributed by atoms with E-state index < -0.39 is 23.8 Å². The molecule has 27 heavy (non-hydrogen) atoms. The largest absolute Gasteiger partial charge is 0.437 e. The Hall–Kier alpha value is -2.77. The summed E-state index contributed by atoms with van der Waals surface area (Å²) in [5, 5.41) is 2.74. The van der Waals surface area contributed by atoms with Crippen LogP contribution in [0.2, 0.25) is 0 Å². The topological polar surface area (TPSA) is 75.4 Å². The molecule has 1 aromatic heterocycles. The van der Waals surface area contributed by atoms with E-state index in [0.717, 1.165) is 0 Å². The summed E-state index contributed by atoms with van der Waals surface area (Å²) >= 11 is 0. The predicted octanol–water partition coefficient (Wildman–Crippen LogP) is 2.63. The number of nitrogens with zero attached hydrogens (tertiary/aromatic N) is 2.